The average molecular weight is 283 g/mol. The van der Waals surface area contributed by atoms with E-state index in [0.717, 1.165) is 6.42 Å². The maximum atomic E-state index is 12.1. The molecule has 0 radical (unpaired) electrons. The lowest BCUT2D eigenvalue weighted by Crippen LogP contribution is -2.49. The van der Waals surface area contributed by atoms with Crippen molar-refractivity contribution in [2.45, 2.75) is 26.3 Å². The molecule has 1 amide bonds. The molecule has 6 heteroatoms. The Kier molecular flexibility index (Phi) is 13.0. The Morgan fingerprint density at radius 2 is 1.67 bits per heavy atom. The first-order chi connectivity index (χ1) is 8.08. The Morgan fingerprint density at radius 3 is 2.00 bits per heavy atom. The van der Waals surface area contributed by atoms with Crippen LogP contribution < -0.4 is 5.73 Å². The largest absolute Gasteiger partial charge is 0.383 e. The molecule has 0 saturated heterocycles. The Hall–Kier alpha value is -0.360. The minimum Gasteiger partial charge on any atom is -0.383 e. The maximum Gasteiger partial charge on any atom is 0.239 e. The zero-order chi connectivity index (χ0) is 13.3. The van der Waals surface area contributed by atoms with E-state index in [0.29, 0.717) is 26.3 Å². The van der Waals surface area contributed by atoms with Crippen LogP contribution in [0.1, 0.15) is 20.3 Å². The molecule has 110 valence electrons. The molecule has 0 fully saturated rings. The first kappa shape index (κ1) is 20.0. The summed E-state index contributed by atoms with van der Waals surface area (Å²) >= 11 is 0. The van der Waals surface area contributed by atoms with E-state index in [4.69, 9.17) is 15.2 Å². The molecule has 2 atom stereocenters. The third kappa shape index (κ3) is 7.16. The summed E-state index contributed by atoms with van der Waals surface area (Å²) in [7, 11) is 3.24. The van der Waals surface area contributed by atoms with E-state index in [1.807, 2.05) is 13.8 Å². The molecule has 0 heterocycles. The number of carbonyl (C=O) groups is 1. The van der Waals surface area contributed by atoms with Crippen LogP contribution in [0.15, 0.2) is 0 Å². The molecule has 0 aromatic carbocycles. The third-order valence-corrected chi connectivity index (χ3v) is 2.98. The van der Waals surface area contributed by atoms with Gasteiger partial charge in [-0.1, -0.05) is 20.3 Å². The number of hydrogen-bond donors (Lipinski definition) is 1. The monoisotopic (exact) mass is 282 g/mol. The van der Waals surface area contributed by atoms with E-state index in [-0.39, 0.29) is 24.2 Å². The van der Waals surface area contributed by atoms with Gasteiger partial charge in [0.15, 0.2) is 0 Å². The van der Waals surface area contributed by atoms with Crippen LogP contribution in [0.3, 0.4) is 0 Å². The van der Waals surface area contributed by atoms with E-state index in [1.165, 1.54) is 0 Å². The summed E-state index contributed by atoms with van der Waals surface area (Å²) in [6.45, 7) is 6.18. The number of carbonyl (C=O) groups excluding carboxylic acids is 1. The summed E-state index contributed by atoms with van der Waals surface area (Å²) in [4.78, 5) is 13.9. The molecule has 2 N–H and O–H groups in total. The predicted molar refractivity (Wildman–Crippen MR) is 75.0 cm³/mol. The topological polar surface area (TPSA) is 64.8 Å². The van der Waals surface area contributed by atoms with Crippen LogP contribution in [0.25, 0.3) is 0 Å². The molecule has 0 spiro atoms. The minimum atomic E-state index is -0.436. The molecular weight excluding hydrogens is 256 g/mol. The van der Waals surface area contributed by atoms with Crippen molar-refractivity contribution in [3.05, 3.63) is 0 Å². The van der Waals surface area contributed by atoms with Gasteiger partial charge in [-0.25, -0.2) is 0 Å². The number of nitrogens with two attached hydrogens (primary N) is 1. The zero-order valence-corrected chi connectivity index (χ0v) is 12.7. The molecule has 0 aliphatic carbocycles. The van der Waals surface area contributed by atoms with Gasteiger partial charge in [0.05, 0.1) is 19.3 Å². The number of hydrogen-bond acceptors (Lipinski definition) is 4. The van der Waals surface area contributed by atoms with Crippen LogP contribution in [0, 0.1) is 5.92 Å². The number of methoxy groups -OCH3 is 2. The summed E-state index contributed by atoms with van der Waals surface area (Å²) in [5.74, 6) is 0.170. The average Bonchev–Trinajstić information content (AvgIpc) is 2.36. The van der Waals surface area contributed by atoms with E-state index < -0.39 is 6.04 Å². The lowest BCUT2D eigenvalue weighted by atomic mass is 9.99. The van der Waals surface area contributed by atoms with Gasteiger partial charge in [0.25, 0.3) is 0 Å². The fourth-order valence-corrected chi connectivity index (χ4v) is 1.44. The maximum absolute atomic E-state index is 12.1. The summed E-state index contributed by atoms with van der Waals surface area (Å²) in [6.07, 6.45) is 0.898. The van der Waals surface area contributed by atoms with E-state index in [1.54, 1.807) is 19.1 Å². The fourth-order valence-electron chi connectivity index (χ4n) is 1.44. The summed E-state index contributed by atoms with van der Waals surface area (Å²) < 4.78 is 9.99. The van der Waals surface area contributed by atoms with Crippen molar-refractivity contribution in [1.29, 1.82) is 0 Å². The number of amides is 1. The van der Waals surface area contributed by atoms with Gasteiger partial charge in [0, 0.05) is 27.3 Å². The lowest BCUT2D eigenvalue weighted by molar-refractivity contribution is -0.135. The van der Waals surface area contributed by atoms with Gasteiger partial charge >= 0.3 is 0 Å². The van der Waals surface area contributed by atoms with Crippen LogP contribution in [0.4, 0.5) is 0 Å². The second kappa shape index (κ2) is 11.7. The number of nitrogens with zero attached hydrogens (tertiary/aromatic N) is 1. The van der Waals surface area contributed by atoms with Crippen molar-refractivity contribution < 1.29 is 14.3 Å². The molecule has 0 bridgehead atoms. The highest BCUT2D eigenvalue weighted by molar-refractivity contribution is 5.85. The number of ether oxygens (including phenoxy) is 2. The van der Waals surface area contributed by atoms with Crippen molar-refractivity contribution in [3.63, 3.8) is 0 Å². The van der Waals surface area contributed by atoms with Gasteiger partial charge in [-0.05, 0) is 5.92 Å². The summed E-state index contributed by atoms with van der Waals surface area (Å²) in [6, 6.07) is -0.436. The number of halogens is 1. The van der Waals surface area contributed by atoms with Crippen LogP contribution in [0.5, 0.6) is 0 Å². The van der Waals surface area contributed by atoms with Crippen LogP contribution in [-0.2, 0) is 14.3 Å². The van der Waals surface area contributed by atoms with E-state index >= 15 is 0 Å². The van der Waals surface area contributed by atoms with E-state index in [2.05, 4.69) is 0 Å². The summed E-state index contributed by atoms with van der Waals surface area (Å²) in [5, 5.41) is 0. The molecule has 0 aliphatic rings. The van der Waals surface area contributed by atoms with Gasteiger partial charge < -0.3 is 20.1 Å². The third-order valence-electron chi connectivity index (χ3n) is 2.98. The highest BCUT2D eigenvalue weighted by Crippen LogP contribution is 2.08. The first-order valence-electron chi connectivity index (χ1n) is 6.10. The summed E-state index contributed by atoms with van der Waals surface area (Å²) in [5.41, 5.74) is 5.94. The highest BCUT2D eigenvalue weighted by Gasteiger charge is 2.24. The SMILES string of the molecule is CCC(C)C(N)C(=O)N(CCOC)CCOC.Cl. The van der Waals surface area contributed by atoms with Crippen LogP contribution in [0.2, 0.25) is 0 Å². The molecule has 18 heavy (non-hydrogen) atoms. The second-order valence-corrected chi connectivity index (χ2v) is 4.22. The quantitative estimate of drug-likeness (QED) is 0.682. The van der Waals surface area contributed by atoms with Crippen molar-refractivity contribution >= 4 is 18.3 Å². The number of rotatable bonds is 9. The Labute approximate surface area is 116 Å². The van der Waals surface area contributed by atoms with Crippen molar-refractivity contribution in [1.82, 2.24) is 4.90 Å². The normalized spacial score (nSPS) is 13.6. The van der Waals surface area contributed by atoms with Gasteiger partial charge in [-0.2, -0.15) is 0 Å². The molecule has 0 aromatic heterocycles. The molecule has 2 unspecified atom stereocenters. The fraction of sp³-hybridized carbons (Fsp3) is 0.917. The Bertz CT molecular complexity index is 209. The Morgan fingerprint density at radius 1 is 1.22 bits per heavy atom. The van der Waals surface area contributed by atoms with Crippen molar-refractivity contribution in [3.8, 4) is 0 Å². The molecule has 0 aliphatic heterocycles. The zero-order valence-electron chi connectivity index (χ0n) is 11.8. The second-order valence-electron chi connectivity index (χ2n) is 4.22. The first-order valence-corrected chi connectivity index (χ1v) is 6.10. The van der Waals surface area contributed by atoms with Gasteiger partial charge in [0.2, 0.25) is 5.91 Å². The van der Waals surface area contributed by atoms with E-state index in [9.17, 15) is 4.79 Å². The minimum absolute atomic E-state index is 0. The van der Waals surface area contributed by atoms with Gasteiger partial charge in [-0.15, -0.1) is 12.4 Å². The molecule has 0 aromatic rings. The van der Waals surface area contributed by atoms with Gasteiger partial charge in [0.1, 0.15) is 0 Å². The lowest BCUT2D eigenvalue weighted by Gasteiger charge is -2.27. The predicted octanol–water partition coefficient (Wildman–Crippen LogP) is 0.903. The Balaban J connectivity index is 0. The van der Waals surface area contributed by atoms with Crippen molar-refractivity contribution in [2.24, 2.45) is 11.7 Å². The van der Waals surface area contributed by atoms with Crippen LogP contribution >= 0.6 is 12.4 Å². The molecular formula is C12H27ClN2O3. The van der Waals surface area contributed by atoms with Gasteiger partial charge in [-0.3, -0.25) is 4.79 Å². The smallest absolute Gasteiger partial charge is 0.239 e. The molecule has 5 nitrogen and oxygen atoms in total. The van der Waals surface area contributed by atoms with Crippen molar-refractivity contribution in [2.75, 3.05) is 40.5 Å². The van der Waals surface area contributed by atoms with Crippen LogP contribution in [-0.4, -0.2) is 57.4 Å². The molecule has 0 saturated carbocycles. The highest BCUT2D eigenvalue weighted by atomic mass is 35.5. The molecule has 0 rings (SSSR count). The standard InChI is InChI=1S/C12H26N2O3.ClH/c1-5-10(2)11(13)12(15)14(6-8-16-3)7-9-17-4;/h10-11H,5-9,13H2,1-4H3;1H.